The summed E-state index contributed by atoms with van der Waals surface area (Å²) in [6, 6.07) is 11.7. The molecular weight excluding hydrogens is 308 g/mol. The molecule has 24 heavy (non-hydrogen) atoms. The van der Waals surface area contributed by atoms with Gasteiger partial charge >= 0.3 is 0 Å². The van der Waals surface area contributed by atoms with E-state index in [9.17, 15) is 14.0 Å². The lowest BCUT2D eigenvalue weighted by Gasteiger charge is -2.12. The Balaban J connectivity index is 2.17. The van der Waals surface area contributed by atoms with E-state index >= 15 is 0 Å². The average Bonchev–Trinajstić information content (AvgIpc) is 2.84. The van der Waals surface area contributed by atoms with Gasteiger partial charge in [0.05, 0.1) is 29.2 Å². The van der Waals surface area contributed by atoms with Gasteiger partial charge < -0.3 is 4.57 Å². The van der Waals surface area contributed by atoms with Gasteiger partial charge in [-0.25, -0.2) is 13.8 Å². The summed E-state index contributed by atoms with van der Waals surface area (Å²) in [5.41, 5.74) is 2.36. The van der Waals surface area contributed by atoms with Crippen LogP contribution in [0.25, 0.3) is 11.0 Å². The average molecular weight is 325 g/mol. The first kappa shape index (κ1) is 16.1. The highest BCUT2D eigenvalue weighted by molar-refractivity contribution is 5.76. The topological polar surface area (TPSA) is 41.6 Å². The van der Waals surface area contributed by atoms with Gasteiger partial charge in [0.15, 0.2) is 11.6 Å². The molecule has 3 nitrogen and oxygen atoms in total. The summed E-state index contributed by atoms with van der Waals surface area (Å²) in [6.45, 7) is 4.52. The molecule has 0 radical (unpaired) electrons. The van der Waals surface area contributed by atoms with Crippen LogP contribution in [-0.4, -0.2) is 9.55 Å². The fourth-order valence-electron chi connectivity index (χ4n) is 2.81. The van der Waals surface area contributed by atoms with Crippen LogP contribution in [0.4, 0.5) is 8.78 Å². The van der Waals surface area contributed by atoms with Crippen molar-refractivity contribution < 1.29 is 8.78 Å². The third kappa shape index (κ3) is 3.00. The highest BCUT2D eigenvalue weighted by atomic mass is 19.2. The van der Waals surface area contributed by atoms with Gasteiger partial charge in [0.25, 0.3) is 0 Å². The number of imidazole rings is 1. The zero-order chi connectivity index (χ0) is 17.3. The van der Waals surface area contributed by atoms with Crippen molar-refractivity contribution in [2.45, 2.75) is 26.8 Å². The van der Waals surface area contributed by atoms with Gasteiger partial charge in [-0.15, -0.1) is 0 Å². The summed E-state index contributed by atoms with van der Waals surface area (Å²) < 4.78 is 29.1. The number of benzene rings is 2. The molecule has 0 unspecified atom stereocenters. The van der Waals surface area contributed by atoms with Crippen LogP contribution in [0.5, 0.6) is 0 Å². The van der Waals surface area contributed by atoms with Crippen molar-refractivity contribution in [1.29, 1.82) is 5.26 Å². The van der Waals surface area contributed by atoms with Crippen molar-refractivity contribution in [2.75, 3.05) is 0 Å². The molecule has 0 spiro atoms. The van der Waals surface area contributed by atoms with Crippen molar-refractivity contribution in [1.82, 2.24) is 9.55 Å². The first-order valence-corrected chi connectivity index (χ1v) is 7.81. The molecule has 1 heterocycles. The quantitative estimate of drug-likeness (QED) is 0.712. The number of rotatable bonds is 4. The second kappa shape index (κ2) is 6.40. The normalized spacial score (nSPS) is 11.2. The lowest BCUT2D eigenvalue weighted by atomic mass is 10.1. The van der Waals surface area contributed by atoms with Crippen molar-refractivity contribution in [3.63, 3.8) is 0 Å². The minimum absolute atomic E-state index is 0.349. The molecule has 0 aliphatic rings. The molecule has 0 aliphatic carbocycles. The molecule has 5 heteroatoms. The van der Waals surface area contributed by atoms with Crippen LogP contribution in [-0.2, 0) is 13.0 Å². The molecule has 0 amide bonds. The van der Waals surface area contributed by atoms with E-state index in [-0.39, 0.29) is 0 Å². The summed E-state index contributed by atoms with van der Waals surface area (Å²) >= 11 is 0. The number of fused-ring (bicyclic) bond motifs is 1. The number of halogens is 2. The molecule has 0 saturated carbocycles. The molecule has 0 bridgehead atoms. The number of hydrogen-bond acceptors (Lipinski definition) is 2. The first-order valence-electron chi connectivity index (χ1n) is 7.81. The van der Waals surface area contributed by atoms with E-state index in [1.807, 2.05) is 16.7 Å². The van der Waals surface area contributed by atoms with Gasteiger partial charge in [0, 0.05) is 18.6 Å². The molecule has 122 valence electrons. The van der Waals surface area contributed by atoms with E-state index < -0.39 is 11.6 Å². The second-order valence-corrected chi connectivity index (χ2v) is 6.24. The summed E-state index contributed by atoms with van der Waals surface area (Å²) in [7, 11) is 0. The van der Waals surface area contributed by atoms with Crippen LogP contribution in [0.15, 0.2) is 36.4 Å². The van der Waals surface area contributed by atoms with Crippen molar-refractivity contribution >= 4 is 11.0 Å². The predicted molar refractivity (Wildman–Crippen MR) is 88.5 cm³/mol. The summed E-state index contributed by atoms with van der Waals surface area (Å²) in [5, 5.41) is 9.27. The summed E-state index contributed by atoms with van der Waals surface area (Å²) in [4.78, 5) is 4.48. The van der Waals surface area contributed by atoms with E-state index in [2.05, 4.69) is 24.9 Å². The molecule has 2 aromatic carbocycles. The summed E-state index contributed by atoms with van der Waals surface area (Å²) in [5.74, 6) is -0.687. The monoisotopic (exact) mass is 325 g/mol. The van der Waals surface area contributed by atoms with Gasteiger partial charge in [0.1, 0.15) is 5.82 Å². The molecule has 0 aliphatic heterocycles. The molecule has 0 fully saturated rings. The van der Waals surface area contributed by atoms with Gasteiger partial charge in [-0.1, -0.05) is 32.0 Å². The molecule has 1 aromatic heterocycles. The summed E-state index contributed by atoms with van der Waals surface area (Å²) in [6.07, 6.45) is 0.687. The maximum Gasteiger partial charge on any atom is 0.161 e. The highest BCUT2D eigenvalue weighted by Gasteiger charge is 2.16. The molecule has 3 aromatic rings. The van der Waals surface area contributed by atoms with Crippen molar-refractivity contribution in [3.05, 3.63) is 65.0 Å². The Morgan fingerprint density at radius 1 is 1.17 bits per heavy atom. The molecular formula is C19H17F2N3. The lowest BCUT2D eigenvalue weighted by Crippen LogP contribution is -2.09. The zero-order valence-electron chi connectivity index (χ0n) is 13.6. The second-order valence-electron chi connectivity index (χ2n) is 6.24. The van der Waals surface area contributed by atoms with Crippen LogP contribution in [0, 0.1) is 28.9 Å². The van der Waals surface area contributed by atoms with E-state index in [1.165, 1.54) is 6.07 Å². The maximum absolute atomic E-state index is 13.7. The first-order chi connectivity index (χ1) is 11.5. The van der Waals surface area contributed by atoms with Gasteiger partial charge in [-0.3, -0.25) is 0 Å². The Kier molecular flexibility index (Phi) is 4.30. The fraction of sp³-hybridized carbons (Fsp3) is 0.263. The van der Waals surface area contributed by atoms with Crippen molar-refractivity contribution in [2.24, 2.45) is 5.92 Å². The van der Waals surface area contributed by atoms with Crippen LogP contribution >= 0.6 is 0 Å². The van der Waals surface area contributed by atoms with Crippen LogP contribution in [0.1, 0.15) is 30.8 Å². The Morgan fingerprint density at radius 3 is 2.58 bits per heavy atom. The molecule has 0 atom stereocenters. The third-order valence-corrected chi connectivity index (χ3v) is 3.93. The SMILES string of the molecule is CC(C)Cc1nc2cc(F)c(F)cc2n1Cc1ccccc1C#N. The molecule has 3 rings (SSSR count). The van der Waals surface area contributed by atoms with E-state index in [1.54, 1.807) is 12.1 Å². The zero-order valence-corrected chi connectivity index (χ0v) is 13.6. The minimum Gasteiger partial charge on any atom is -0.323 e. The Hall–Kier alpha value is -2.74. The Labute approximate surface area is 139 Å². The Morgan fingerprint density at radius 2 is 1.88 bits per heavy atom. The number of nitriles is 1. The predicted octanol–water partition coefficient (Wildman–Crippen LogP) is 4.43. The standard InChI is InChI=1S/C19H17F2N3/c1-12(2)7-19-23-17-8-15(20)16(21)9-18(17)24(19)11-14-6-4-3-5-13(14)10-22/h3-6,8-9,12H,7,11H2,1-2H3. The maximum atomic E-state index is 13.7. The van der Waals surface area contributed by atoms with E-state index in [0.29, 0.717) is 35.5 Å². The minimum atomic E-state index is -0.902. The fourth-order valence-corrected chi connectivity index (χ4v) is 2.81. The van der Waals surface area contributed by atoms with Crippen LogP contribution in [0.2, 0.25) is 0 Å². The largest absolute Gasteiger partial charge is 0.323 e. The van der Waals surface area contributed by atoms with Gasteiger partial charge in [0.2, 0.25) is 0 Å². The smallest absolute Gasteiger partial charge is 0.161 e. The van der Waals surface area contributed by atoms with Gasteiger partial charge in [-0.05, 0) is 17.5 Å². The van der Waals surface area contributed by atoms with Crippen molar-refractivity contribution in [3.8, 4) is 6.07 Å². The number of hydrogen-bond donors (Lipinski definition) is 0. The van der Waals surface area contributed by atoms with Gasteiger partial charge in [-0.2, -0.15) is 5.26 Å². The lowest BCUT2D eigenvalue weighted by molar-refractivity contribution is 0.510. The molecule has 0 saturated heterocycles. The number of nitrogens with zero attached hydrogens (tertiary/aromatic N) is 3. The van der Waals surface area contributed by atoms with Crippen LogP contribution < -0.4 is 0 Å². The van der Waals surface area contributed by atoms with Crippen LogP contribution in [0.3, 0.4) is 0 Å². The molecule has 0 N–H and O–H groups in total. The number of aromatic nitrogens is 2. The Bertz CT molecular complexity index is 936. The third-order valence-electron chi connectivity index (χ3n) is 3.93. The van der Waals surface area contributed by atoms with E-state index in [4.69, 9.17) is 0 Å². The van der Waals surface area contributed by atoms with E-state index in [0.717, 1.165) is 17.5 Å². The highest BCUT2D eigenvalue weighted by Crippen LogP contribution is 2.23.